The van der Waals surface area contributed by atoms with Crippen LogP contribution in [0.15, 0.2) is 79.4 Å². The molecular formula is C24H18N6O2. The van der Waals surface area contributed by atoms with Crippen LogP contribution >= 0.6 is 0 Å². The van der Waals surface area contributed by atoms with Crippen molar-refractivity contribution in [2.75, 3.05) is 5.32 Å². The second-order valence-electron chi connectivity index (χ2n) is 7.11. The molecule has 156 valence electrons. The van der Waals surface area contributed by atoms with Gasteiger partial charge in [-0.25, -0.2) is 9.97 Å². The van der Waals surface area contributed by atoms with Gasteiger partial charge in [0, 0.05) is 47.5 Å². The molecule has 0 unspecified atom stereocenters. The lowest BCUT2D eigenvalue weighted by Crippen LogP contribution is -2.13. The van der Waals surface area contributed by atoms with E-state index < -0.39 is 0 Å². The van der Waals surface area contributed by atoms with Crippen LogP contribution in [-0.4, -0.2) is 30.8 Å². The number of anilines is 1. The summed E-state index contributed by atoms with van der Waals surface area (Å²) < 4.78 is 5.93. The molecule has 0 spiro atoms. The molecule has 1 aromatic carbocycles. The van der Waals surface area contributed by atoms with E-state index in [2.05, 4.69) is 30.2 Å². The summed E-state index contributed by atoms with van der Waals surface area (Å²) >= 11 is 0. The zero-order valence-corrected chi connectivity index (χ0v) is 17.1. The van der Waals surface area contributed by atoms with Crippen molar-refractivity contribution in [3.05, 3.63) is 90.6 Å². The normalized spacial score (nSPS) is 10.8. The van der Waals surface area contributed by atoms with Crippen LogP contribution in [0.1, 0.15) is 16.1 Å². The van der Waals surface area contributed by atoms with Gasteiger partial charge in [0.15, 0.2) is 0 Å². The van der Waals surface area contributed by atoms with Gasteiger partial charge in [-0.1, -0.05) is 6.07 Å². The third-order valence-corrected chi connectivity index (χ3v) is 4.88. The lowest BCUT2D eigenvalue weighted by atomic mass is 10.2. The van der Waals surface area contributed by atoms with Gasteiger partial charge in [-0.05, 0) is 55.0 Å². The number of hydrogen-bond donors (Lipinski definition) is 2. The van der Waals surface area contributed by atoms with Crippen molar-refractivity contribution in [2.24, 2.45) is 0 Å². The molecule has 0 aliphatic carbocycles. The smallest absolute Gasteiger partial charge is 0.322 e. The molecule has 5 aromatic rings. The van der Waals surface area contributed by atoms with Gasteiger partial charge < -0.3 is 15.0 Å². The first-order valence-corrected chi connectivity index (χ1v) is 9.93. The summed E-state index contributed by atoms with van der Waals surface area (Å²) in [4.78, 5) is 32.8. The van der Waals surface area contributed by atoms with Crippen LogP contribution in [0.25, 0.3) is 22.3 Å². The van der Waals surface area contributed by atoms with Crippen LogP contribution in [0.5, 0.6) is 11.8 Å². The van der Waals surface area contributed by atoms with Crippen LogP contribution in [0, 0.1) is 6.92 Å². The Balaban J connectivity index is 1.36. The predicted molar refractivity (Wildman–Crippen MR) is 121 cm³/mol. The number of hydrogen-bond acceptors (Lipinski definition) is 6. The maximum absolute atomic E-state index is 12.7. The Morgan fingerprint density at radius 2 is 1.97 bits per heavy atom. The van der Waals surface area contributed by atoms with Crippen molar-refractivity contribution < 1.29 is 9.53 Å². The largest absolute Gasteiger partial charge is 0.424 e. The molecule has 0 fully saturated rings. The zero-order valence-electron chi connectivity index (χ0n) is 17.1. The van der Waals surface area contributed by atoms with Crippen LogP contribution in [0.4, 0.5) is 5.69 Å². The number of rotatable bonds is 5. The monoisotopic (exact) mass is 422 g/mol. The summed E-state index contributed by atoms with van der Waals surface area (Å²) in [5, 5.41) is 3.81. The second kappa shape index (κ2) is 8.27. The Kier molecular flexibility index (Phi) is 5.01. The molecule has 2 N–H and O–H groups in total. The molecule has 0 aliphatic rings. The molecule has 8 nitrogen and oxygen atoms in total. The number of ether oxygens (including phenoxy) is 1. The minimum absolute atomic E-state index is 0.205. The number of pyridine rings is 2. The van der Waals surface area contributed by atoms with Crippen molar-refractivity contribution in [3.8, 4) is 23.0 Å². The molecule has 0 bridgehead atoms. The van der Waals surface area contributed by atoms with Gasteiger partial charge >= 0.3 is 6.01 Å². The van der Waals surface area contributed by atoms with Gasteiger partial charge in [0.05, 0.1) is 5.69 Å². The van der Waals surface area contributed by atoms with E-state index in [4.69, 9.17) is 4.74 Å². The Bertz CT molecular complexity index is 1410. The number of aromatic amines is 1. The number of fused-ring (bicyclic) bond motifs is 1. The fourth-order valence-electron chi connectivity index (χ4n) is 3.20. The van der Waals surface area contributed by atoms with E-state index in [1.54, 1.807) is 49.1 Å². The first-order chi connectivity index (χ1) is 15.7. The first kappa shape index (κ1) is 19.4. The predicted octanol–water partition coefficient (Wildman–Crippen LogP) is 4.77. The number of carbonyl (C=O) groups excluding carboxylic acids is 1. The summed E-state index contributed by atoms with van der Waals surface area (Å²) in [6.07, 6.45) is 6.85. The standard InChI is InChI=1S/C24H18N6O2/c1-15-4-6-18(28-23(31)20-7-5-16-8-11-26-22(16)29-20)13-21(15)32-24-27-12-9-19(30-24)17-3-2-10-25-14-17/h2-14H,1H3,(H,26,29)(H,28,31). The van der Waals surface area contributed by atoms with Crippen LogP contribution in [0.3, 0.4) is 0 Å². The number of nitrogens with one attached hydrogen (secondary N) is 2. The minimum Gasteiger partial charge on any atom is -0.424 e. The highest BCUT2D eigenvalue weighted by Crippen LogP contribution is 2.27. The number of amides is 1. The zero-order chi connectivity index (χ0) is 21.9. The van der Waals surface area contributed by atoms with E-state index in [9.17, 15) is 4.79 Å². The number of H-pyrrole nitrogens is 1. The van der Waals surface area contributed by atoms with Crippen LogP contribution in [0.2, 0.25) is 0 Å². The van der Waals surface area contributed by atoms with Gasteiger partial charge in [0.25, 0.3) is 5.91 Å². The SMILES string of the molecule is Cc1ccc(NC(=O)c2ccc3cc[nH]c3n2)cc1Oc1nccc(-c2cccnc2)n1. The Hall–Kier alpha value is -4.59. The first-order valence-electron chi connectivity index (χ1n) is 9.93. The highest BCUT2D eigenvalue weighted by molar-refractivity contribution is 6.04. The molecule has 0 aliphatic heterocycles. The summed E-state index contributed by atoms with van der Waals surface area (Å²) in [5.74, 6) is 0.227. The fourth-order valence-corrected chi connectivity index (χ4v) is 3.20. The van der Waals surface area contributed by atoms with Crippen molar-refractivity contribution in [3.63, 3.8) is 0 Å². The molecule has 0 saturated carbocycles. The average Bonchev–Trinajstić information content (AvgIpc) is 3.30. The van der Waals surface area contributed by atoms with Crippen molar-refractivity contribution in [1.82, 2.24) is 24.9 Å². The molecule has 32 heavy (non-hydrogen) atoms. The summed E-state index contributed by atoms with van der Waals surface area (Å²) in [6.45, 7) is 1.91. The summed E-state index contributed by atoms with van der Waals surface area (Å²) in [6, 6.07) is 16.6. The number of aryl methyl sites for hydroxylation is 1. The summed E-state index contributed by atoms with van der Waals surface area (Å²) in [5.41, 5.74) is 4.00. The van der Waals surface area contributed by atoms with Crippen molar-refractivity contribution in [2.45, 2.75) is 6.92 Å². The Morgan fingerprint density at radius 3 is 2.84 bits per heavy atom. The van der Waals surface area contributed by atoms with Crippen molar-refractivity contribution in [1.29, 1.82) is 0 Å². The summed E-state index contributed by atoms with van der Waals surface area (Å²) in [7, 11) is 0. The third-order valence-electron chi connectivity index (χ3n) is 4.88. The van der Waals surface area contributed by atoms with E-state index in [-0.39, 0.29) is 11.9 Å². The lowest BCUT2D eigenvalue weighted by Gasteiger charge is -2.11. The number of aromatic nitrogens is 5. The lowest BCUT2D eigenvalue weighted by molar-refractivity contribution is 0.102. The minimum atomic E-state index is -0.314. The van der Waals surface area contributed by atoms with E-state index in [0.29, 0.717) is 28.5 Å². The van der Waals surface area contributed by atoms with Gasteiger partial charge in [-0.3, -0.25) is 9.78 Å². The van der Waals surface area contributed by atoms with E-state index in [0.717, 1.165) is 16.5 Å². The molecule has 4 aromatic heterocycles. The van der Waals surface area contributed by atoms with Gasteiger partial charge in [-0.15, -0.1) is 0 Å². The van der Waals surface area contributed by atoms with Crippen molar-refractivity contribution >= 4 is 22.6 Å². The van der Waals surface area contributed by atoms with E-state index >= 15 is 0 Å². The molecule has 1 amide bonds. The highest BCUT2D eigenvalue weighted by atomic mass is 16.5. The molecule has 4 heterocycles. The third kappa shape index (κ3) is 4.01. The molecule has 0 saturated heterocycles. The van der Waals surface area contributed by atoms with Gasteiger partial charge in [-0.2, -0.15) is 4.98 Å². The van der Waals surface area contributed by atoms with Crippen LogP contribution in [-0.2, 0) is 0 Å². The highest BCUT2D eigenvalue weighted by Gasteiger charge is 2.12. The maximum atomic E-state index is 12.7. The molecule has 5 rings (SSSR count). The quantitative estimate of drug-likeness (QED) is 0.423. The number of benzene rings is 1. The fraction of sp³-hybridized carbons (Fsp3) is 0.0417. The molecule has 8 heteroatoms. The second-order valence-corrected chi connectivity index (χ2v) is 7.11. The number of carbonyl (C=O) groups is 1. The van der Waals surface area contributed by atoms with Crippen LogP contribution < -0.4 is 10.1 Å². The average molecular weight is 422 g/mol. The van der Waals surface area contributed by atoms with Gasteiger partial charge in [0.1, 0.15) is 17.1 Å². The molecular weight excluding hydrogens is 404 g/mol. The Morgan fingerprint density at radius 1 is 1.03 bits per heavy atom. The molecule has 0 atom stereocenters. The van der Waals surface area contributed by atoms with Gasteiger partial charge in [0.2, 0.25) is 0 Å². The Labute approximate surface area is 183 Å². The van der Waals surface area contributed by atoms with E-state index in [1.165, 1.54) is 0 Å². The van der Waals surface area contributed by atoms with E-state index in [1.807, 2.05) is 37.3 Å². The molecule has 0 radical (unpaired) electrons. The maximum Gasteiger partial charge on any atom is 0.322 e. The number of nitrogens with zero attached hydrogens (tertiary/aromatic N) is 4. The topological polar surface area (TPSA) is 106 Å².